The fourth-order valence-electron chi connectivity index (χ4n) is 4.75. The number of benzene rings is 2. The molecule has 3 rings (SSSR count). The number of carbonyl (C=O) groups excluding carboxylic acids is 4. The summed E-state index contributed by atoms with van der Waals surface area (Å²) >= 11 is 0. The lowest BCUT2D eigenvalue weighted by atomic mass is 10.00. The molecule has 232 valence electrons. The van der Waals surface area contributed by atoms with Crippen molar-refractivity contribution in [3.8, 4) is 0 Å². The Bertz CT molecular complexity index is 1340. The molecule has 0 bridgehead atoms. The van der Waals surface area contributed by atoms with Gasteiger partial charge in [-0.1, -0.05) is 42.5 Å². The number of rotatable bonds is 10. The predicted octanol–water partition coefficient (Wildman–Crippen LogP) is -1.15. The van der Waals surface area contributed by atoms with Crippen LogP contribution in [0.2, 0.25) is 0 Å². The number of hydrogen-bond acceptors (Lipinski definition) is 6. The molecule has 0 radical (unpaired) electrons. The molecule has 1 saturated heterocycles. The van der Waals surface area contributed by atoms with Gasteiger partial charge in [0.15, 0.2) is 11.9 Å². The number of guanidine groups is 2. The largest absolute Gasteiger partial charge is 0.370 e. The van der Waals surface area contributed by atoms with Crippen LogP contribution in [0.3, 0.4) is 0 Å². The number of nitrogens with zero attached hydrogens (tertiary/aromatic N) is 2. The van der Waals surface area contributed by atoms with Gasteiger partial charge in [-0.2, -0.15) is 0 Å². The maximum Gasteiger partial charge on any atom is 0.243 e. The van der Waals surface area contributed by atoms with E-state index in [1.807, 2.05) is 42.5 Å². The topological polar surface area (TPSA) is 245 Å². The van der Waals surface area contributed by atoms with Crippen molar-refractivity contribution in [1.82, 2.24) is 21.3 Å². The van der Waals surface area contributed by atoms with Gasteiger partial charge in [-0.3, -0.25) is 29.2 Å². The van der Waals surface area contributed by atoms with Crippen molar-refractivity contribution in [3.63, 3.8) is 0 Å². The molecule has 4 amide bonds. The van der Waals surface area contributed by atoms with Crippen LogP contribution in [0.1, 0.15) is 44.1 Å². The van der Waals surface area contributed by atoms with Gasteiger partial charge in [0.1, 0.15) is 18.1 Å². The smallest absolute Gasteiger partial charge is 0.243 e. The van der Waals surface area contributed by atoms with Crippen LogP contribution in [-0.2, 0) is 25.6 Å². The quantitative estimate of drug-likeness (QED) is 0.0946. The second-order valence-electron chi connectivity index (χ2n) is 10.4. The summed E-state index contributed by atoms with van der Waals surface area (Å²) in [7, 11) is 0. The van der Waals surface area contributed by atoms with Crippen molar-refractivity contribution in [2.45, 2.75) is 63.1 Å². The van der Waals surface area contributed by atoms with Crippen LogP contribution >= 0.6 is 0 Å². The maximum absolute atomic E-state index is 13.6. The van der Waals surface area contributed by atoms with Crippen molar-refractivity contribution >= 4 is 46.3 Å². The van der Waals surface area contributed by atoms with Gasteiger partial charge >= 0.3 is 0 Å². The average Bonchev–Trinajstić information content (AvgIpc) is 2.97. The van der Waals surface area contributed by atoms with E-state index in [0.717, 1.165) is 16.3 Å². The number of amides is 4. The monoisotopic (exact) mass is 594 g/mol. The molecule has 3 atom stereocenters. The van der Waals surface area contributed by atoms with E-state index in [9.17, 15) is 19.2 Å². The minimum absolute atomic E-state index is 0.0719. The summed E-state index contributed by atoms with van der Waals surface area (Å²) in [6.45, 7) is 0.730. The van der Waals surface area contributed by atoms with Crippen molar-refractivity contribution in [2.24, 2.45) is 32.9 Å². The zero-order valence-corrected chi connectivity index (χ0v) is 24.2. The molecule has 2 aromatic rings. The standard InChI is InChI=1S/C29H42N10O4/c30-28(31)35-14-3-8-21-26(42)38-22(9-4-15-36-29(32)33)27(43)39-23(25(41)34-13-5-10-24(40)37-21)17-18-11-12-19-6-1-2-7-20(19)16-18/h1-2,6-7,11-12,16,21-23H,3-5,8-10,13-15,17H2,(H,34,41)(H,37,40)(H,38,42)(H,39,43)(H4,30,31,35)(H4,32,33,36)/t21-,22+,23+/m1/s1. The zero-order chi connectivity index (χ0) is 31.2. The molecule has 1 fully saturated rings. The summed E-state index contributed by atoms with van der Waals surface area (Å²) in [5.74, 6) is -1.97. The minimum Gasteiger partial charge on any atom is -0.370 e. The van der Waals surface area contributed by atoms with Crippen LogP contribution in [0.15, 0.2) is 52.4 Å². The summed E-state index contributed by atoms with van der Waals surface area (Å²) in [6, 6.07) is 10.9. The summed E-state index contributed by atoms with van der Waals surface area (Å²) < 4.78 is 0. The highest BCUT2D eigenvalue weighted by Crippen LogP contribution is 2.17. The molecule has 0 saturated carbocycles. The second kappa shape index (κ2) is 16.5. The van der Waals surface area contributed by atoms with Gasteiger partial charge in [0.05, 0.1) is 0 Å². The van der Waals surface area contributed by atoms with Gasteiger partial charge < -0.3 is 44.2 Å². The molecule has 1 heterocycles. The van der Waals surface area contributed by atoms with Crippen molar-refractivity contribution < 1.29 is 19.2 Å². The van der Waals surface area contributed by atoms with Gasteiger partial charge in [0, 0.05) is 32.5 Å². The predicted molar refractivity (Wildman–Crippen MR) is 166 cm³/mol. The fraction of sp³-hybridized carbons (Fsp3) is 0.448. The first-order valence-corrected chi connectivity index (χ1v) is 14.4. The van der Waals surface area contributed by atoms with Gasteiger partial charge in [-0.05, 0) is 48.4 Å². The number of nitrogens with one attached hydrogen (secondary N) is 4. The van der Waals surface area contributed by atoms with E-state index in [1.165, 1.54) is 0 Å². The molecule has 0 unspecified atom stereocenters. The van der Waals surface area contributed by atoms with E-state index < -0.39 is 29.9 Å². The molecule has 0 aromatic heterocycles. The van der Waals surface area contributed by atoms with Crippen molar-refractivity contribution in [3.05, 3.63) is 48.0 Å². The van der Waals surface area contributed by atoms with E-state index in [2.05, 4.69) is 31.3 Å². The second-order valence-corrected chi connectivity index (χ2v) is 10.4. The maximum atomic E-state index is 13.6. The number of carbonyl (C=O) groups is 4. The molecular formula is C29H42N10O4. The number of nitrogens with two attached hydrogens (primary N) is 4. The average molecular weight is 595 g/mol. The van der Waals surface area contributed by atoms with Crippen LogP contribution in [-0.4, -0.2) is 73.3 Å². The Balaban J connectivity index is 1.84. The molecule has 12 N–H and O–H groups in total. The van der Waals surface area contributed by atoms with E-state index >= 15 is 0 Å². The Morgan fingerprint density at radius 2 is 1.30 bits per heavy atom. The number of aliphatic imine (C=N–C) groups is 2. The van der Waals surface area contributed by atoms with Crippen molar-refractivity contribution in [1.29, 1.82) is 0 Å². The van der Waals surface area contributed by atoms with Crippen molar-refractivity contribution in [2.75, 3.05) is 19.6 Å². The number of hydrogen-bond donors (Lipinski definition) is 8. The summed E-state index contributed by atoms with van der Waals surface area (Å²) in [5, 5.41) is 13.2. The van der Waals surface area contributed by atoms with Crippen LogP contribution in [0.4, 0.5) is 0 Å². The number of fused-ring (bicyclic) bond motifs is 1. The molecule has 1 aliphatic heterocycles. The zero-order valence-electron chi connectivity index (χ0n) is 24.2. The van der Waals surface area contributed by atoms with E-state index in [0.29, 0.717) is 19.3 Å². The Hall–Kier alpha value is -4.88. The van der Waals surface area contributed by atoms with E-state index in [-0.39, 0.29) is 69.1 Å². The van der Waals surface area contributed by atoms with Crippen LogP contribution in [0.25, 0.3) is 10.8 Å². The molecule has 43 heavy (non-hydrogen) atoms. The van der Waals surface area contributed by atoms with Gasteiger partial charge in [0.2, 0.25) is 23.6 Å². The van der Waals surface area contributed by atoms with Crippen LogP contribution in [0, 0.1) is 0 Å². The normalized spacial score (nSPS) is 20.1. The molecular weight excluding hydrogens is 552 g/mol. The Kier molecular flexibility index (Phi) is 12.5. The van der Waals surface area contributed by atoms with E-state index in [4.69, 9.17) is 22.9 Å². The third kappa shape index (κ3) is 11.1. The van der Waals surface area contributed by atoms with Gasteiger partial charge in [-0.25, -0.2) is 0 Å². The third-order valence-electron chi connectivity index (χ3n) is 6.94. The first-order chi connectivity index (χ1) is 20.6. The Morgan fingerprint density at radius 1 is 0.721 bits per heavy atom. The highest BCUT2D eigenvalue weighted by molar-refractivity contribution is 5.94. The Labute approximate surface area is 250 Å². The molecule has 14 heteroatoms. The third-order valence-corrected chi connectivity index (χ3v) is 6.94. The molecule has 0 spiro atoms. The lowest BCUT2D eigenvalue weighted by Crippen LogP contribution is -2.57. The molecule has 0 aliphatic carbocycles. The molecule has 1 aliphatic rings. The molecule has 14 nitrogen and oxygen atoms in total. The van der Waals surface area contributed by atoms with Crippen LogP contribution in [0.5, 0.6) is 0 Å². The Morgan fingerprint density at radius 3 is 1.93 bits per heavy atom. The summed E-state index contributed by atoms with van der Waals surface area (Å²) in [5.41, 5.74) is 22.5. The fourth-order valence-corrected chi connectivity index (χ4v) is 4.75. The van der Waals surface area contributed by atoms with Gasteiger partial charge in [0.25, 0.3) is 0 Å². The van der Waals surface area contributed by atoms with E-state index in [1.54, 1.807) is 0 Å². The highest BCUT2D eigenvalue weighted by Gasteiger charge is 2.30. The van der Waals surface area contributed by atoms with Gasteiger partial charge in [-0.15, -0.1) is 0 Å². The lowest BCUT2D eigenvalue weighted by molar-refractivity contribution is -0.134. The SMILES string of the molecule is NC(N)=NCCC[C@@H]1NC(=O)[C@@H](CCCN=C(N)N)NC(=O)CCCNC(=O)[C@H](Cc2ccc3ccccc3c2)NC1=O. The minimum atomic E-state index is -1.02. The highest BCUT2D eigenvalue weighted by atomic mass is 16.2. The summed E-state index contributed by atoms with van der Waals surface area (Å²) in [6.07, 6.45) is 1.91. The first kappa shape index (κ1) is 32.6. The first-order valence-electron chi connectivity index (χ1n) is 14.4. The summed E-state index contributed by atoms with van der Waals surface area (Å²) in [4.78, 5) is 60.8. The lowest BCUT2D eigenvalue weighted by Gasteiger charge is -2.26. The molecule has 2 aromatic carbocycles. The van der Waals surface area contributed by atoms with Crippen LogP contribution < -0.4 is 44.2 Å².